The van der Waals surface area contributed by atoms with E-state index in [1.807, 2.05) is 6.08 Å². The van der Waals surface area contributed by atoms with Crippen LogP contribution in [0.3, 0.4) is 0 Å². The molecule has 0 aliphatic heterocycles. The van der Waals surface area contributed by atoms with Gasteiger partial charge in [0.05, 0.1) is 6.61 Å². The summed E-state index contributed by atoms with van der Waals surface area (Å²) in [6, 6.07) is 0. The van der Waals surface area contributed by atoms with Crippen molar-refractivity contribution < 1.29 is 14.3 Å². The maximum absolute atomic E-state index is 10.9. The van der Waals surface area contributed by atoms with Crippen LogP contribution in [0.4, 0.5) is 4.79 Å². The van der Waals surface area contributed by atoms with Gasteiger partial charge in [0.15, 0.2) is 0 Å². The van der Waals surface area contributed by atoms with Crippen LogP contribution < -0.4 is 0 Å². The summed E-state index contributed by atoms with van der Waals surface area (Å²) in [4.78, 5) is 10.9. The number of ether oxygens (including phenoxy) is 2. The topological polar surface area (TPSA) is 35.5 Å². The van der Waals surface area contributed by atoms with Gasteiger partial charge in [-0.1, -0.05) is 13.0 Å². The number of carbonyl (C=O) groups is 1. The molecule has 0 N–H and O–H groups in total. The lowest BCUT2D eigenvalue weighted by atomic mass is 9.94. The third-order valence-corrected chi connectivity index (χ3v) is 2.03. The number of rotatable bonds is 2. The average molecular weight is 184 g/mol. The van der Waals surface area contributed by atoms with Crippen molar-refractivity contribution in [2.75, 3.05) is 6.61 Å². The number of hydrogen-bond donors (Lipinski definition) is 0. The minimum Gasteiger partial charge on any atom is -0.435 e. The Hall–Kier alpha value is -0.990. The summed E-state index contributed by atoms with van der Waals surface area (Å²) in [6.45, 7) is 4.27. The summed E-state index contributed by atoms with van der Waals surface area (Å²) >= 11 is 0. The van der Waals surface area contributed by atoms with E-state index in [1.165, 1.54) is 0 Å². The highest BCUT2D eigenvalue weighted by Crippen LogP contribution is 2.20. The second-order valence-electron chi connectivity index (χ2n) is 3.34. The maximum Gasteiger partial charge on any atom is 0.508 e. The van der Waals surface area contributed by atoms with E-state index < -0.39 is 6.16 Å². The molecule has 0 saturated carbocycles. The van der Waals surface area contributed by atoms with Gasteiger partial charge in [0.25, 0.3) is 0 Å². The second kappa shape index (κ2) is 4.90. The Morgan fingerprint density at radius 3 is 3.00 bits per heavy atom. The highest BCUT2D eigenvalue weighted by Gasteiger charge is 2.18. The van der Waals surface area contributed by atoms with Crippen LogP contribution in [-0.4, -0.2) is 18.9 Å². The molecule has 3 nitrogen and oxygen atoms in total. The van der Waals surface area contributed by atoms with E-state index >= 15 is 0 Å². The Kier molecular flexibility index (Phi) is 3.80. The van der Waals surface area contributed by atoms with Crippen LogP contribution >= 0.6 is 0 Å². The normalized spacial score (nSPS) is 26.9. The van der Waals surface area contributed by atoms with Crippen LogP contribution in [0.5, 0.6) is 0 Å². The fourth-order valence-electron chi connectivity index (χ4n) is 1.40. The van der Waals surface area contributed by atoms with Crippen molar-refractivity contribution >= 4 is 6.16 Å². The summed E-state index contributed by atoms with van der Waals surface area (Å²) in [6.07, 6.45) is 5.29. The zero-order chi connectivity index (χ0) is 9.68. The molecule has 0 saturated heterocycles. The average Bonchev–Trinajstić information content (AvgIpc) is 2.04. The molecule has 1 aliphatic rings. The fourth-order valence-corrected chi connectivity index (χ4v) is 1.40. The van der Waals surface area contributed by atoms with Gasteiger partial charge in [-0.2, -0.15) is 0 Å². The van der Waals surface area contributed by atoms with E-state index in [-0.39, 0.29) is 6.10 Å². The van der Waals surface area contributed by atoms with Gasteiger partial charge in [-0.25, -0.2) is 4.79 Å². The first-order valence-corrected chi connectivity index (χ1v) is 4.72. The molecule has 74 valence electrons. The predicted octanol–water partition coefficient (Wildman–Crippen LogP) is 2.51. The molecule has 0 unspecified atom stereocenters. The zero-order valence-corrected chi connectivity index (χ0v) is 8.16. The lowest BCUT2D eigenvalue weighted by Gasteiger charge is -2.21. The van der Waals surface area contributed by atoms with E-state index in [0.717, 1.165) is 12.8 Å². The van der Waals surface area contributed by atoms with Crippen LogP contribution in [-0.2, 0) is 9.47 Å². The Labute approximate surface area is 78.7 Å². The molecule has 1 aliphatic carbocycles. The molecular weight excluding hydrogens is 168 g/mol. The lowest BCUT2D eigenvalue weighted by Crippen LogP contribution is -2.21. The second-order valence-corrected chi connectivity index (χ2v) is 3.34. The predicted molar refractivity (Wildman–Crippen MR) is 49.4 cm³/mol. The van der Waals surface area contributed by atoms with Gasteiger partial charge in [0.1, 0.15) is 6.10 Å². The Morgan fingerprint density at radius 2 is 2.38 bits per heavy atom. The Balaban J connectivity index is 2.32. The first-order chi connectivity index (χ1) is 6.22. The summed E-state index contributed by atoms with van der Waals surface area (Å²) in [5.74, 6) is 0.587. The van der Waals surface area contributed by atoms with Crippen molar-refractivity contribution in [3.05, 3.63) is 12.2 Å². The smallest absolute Gasteiger partial charge is 0.435 e. The molecule has 0 aromatic heterocycles. The molecule has 0 radical (unpaired) electrons. The first kappa shape index (κ1) is 10.1. The minimum atomic E-state index is -0.564. The summed E-state index contributed by atoms with van der Waals surface area (Å²) < 4.78 is 9.74. The number of carbonyl (C=O) groups excluding carboxylic acids is 1. The van der Waals surface area contributed by atoms with Crippen LogP contribution in [0, 0.1) is 5.92 Å². The molecule has 0 spiro atoms. The van der Waals surface area contributed by atoms with Crippen molar-refractivity contribution in [3.63, 3.8) is 0 Å². The molecule has 0 fully saturated rings. The van der Waals surface area contributed by atoms with E-state index in [0.29, 0.717) is 12.5 Å². The van der Waals surface area contributed by atoms with Crippen LogP contribution in [0.25, 0.3) is 0 Å². The Morgan fingerprint density at radius 1 is 1.62 bits per heavy atom. The van der Waals surface area contributed by atoms with Gasteiger partial charge >= 0.3 is 6.16 Å². The molecule has 3 heteroatoms. The number of hydrogen-bond acceptors (Lipinski definition) is 3. The monoisotopic (exact) mass is 184 g/mol. The summed E-state index contributed by atoms with van der Waals surface area (Å²) in [5, 5.41) is 0. The van der Waals surface area contributed by atoms with E-state index in [1.54, 1.807) is 6.92 Å². The highest BCUT2D eigenvalue weighted by molar-refractivity contribution is 5.60. The molecule has 0 heterocycles. The van der Waals surface area contributed by atoms with Gasteiger partial charge in [0, 0.05) is 0 Å². The van der Waals surface area contributed by atoms with Crippen molar-refractivity contribution in [3.8, 4) is 0 Å². The zero-order valence-electron chi connectivity index (χ0n) is 8.16. The highest BCUT2D eigenvalue weighted by atomic mass is 16.7. The van der Waals surface area contributed by atoms with E-state index in [4.69, 9.17) is 4.74 Å². The van der Waals surface area contributed by atoms with Gasteiger partial charge in [0.2, 0.25) is 0 Å². The Bertz CT molecular complexity index is 198. The van der Waals surface area contributed by atoms with Crippen LogP contribution in [0.2, 0.25) is 0 Å². The third kappa shape index (κ3) is 3.49. The largest absolute Gasteiger partial charge is 0.508 e. The molecular formula is C10H16O3. The first-order valence-electron chi connectivity index (χ1n) is 4.72. The summed E-state index contributed by atoms with van der Waals surface area (Å²) in [7, 11) is 0. The van der Waals surface area contributed by atoms with Crippen LogP contribution in [0.1, 0.15) is 26.7 Å². The molecule has 13 heavy (non-hydrogen) atoms. The molecule has 0 bridgehead atoms. The van der Waals surface area contributed by atoms with Gasteiger partial charge in [-0.3, -0.25) is 0 Å². The standard InChI is InChI=1S/C10H16O3/c1-3-12-10(11)13-9-6-4-5-8(2)7-9/h4,6,8-9H,3,5,7H2,1-2H3/t8-,9+/m0/s1. The van der Waals surface area contributed by atoms with E-state index in [2.05, 4.69) is 17.7 Å². The maximum atomic E-state index is 10.9. The van der Waals surface area contributed by atoms with Crippen molar-refractivity contribution in [1.29, 1.82) is 0 Å². The fraction of sp³-hybridized carbons (Fsp3) is 0.700. The van der Waals surface area contributed by atoms with Crippen molar-refractivity contribution in [1.82, 2.24) is 0 Å². The molecule has 1 rings (SSSR count). The molecule has 0 amide bonds. The number of allylic oxidation sites excluding steroid dienone is 1. The lowest BCUT2D eigenvalue weighted by molar-refractivity contribution is 0.0327. The van der Waals surface area contributed by atoms with Gasteiger partial charge < -0.3 is 9.47 Å². The van der Waals surface area contributed by atoms with Gasteiger partial charge in [-0.05, 0) is 31.8 Å². The van der Waals surface area contributed by atoms with Crippen molar-refractivity contribution in [2.24, 2.45) is 5.92 Å². The molecule has 0 aromatic carbocycles. The SMILES string of the molecule is CCOC(=O)O[C@@H]1C=CC[C@H](C)C1. The van der Waals surface area contributed by atoms with Crippen LogP contribution in [0.15, 0.2) is 12.2 Å². The minimum absolute atomic E-state index is 0.0946. The van der Waals surface area contributed by atoms with E-state index in [9.17, 15) is 4.79 Å². The molecule has 0 aromatic rings. The van der Waals surface area contributed by atoms with Gasteiger partial charge in [-0.15, -0.1) is 0 Å². The van der Waals surface area contributed by atoms with Crippen molar-refractivity contribution in [2.45, 2.75) is 32.8 Å². The summed E-state index contributed by atoms with van der Waals surface area (Å²) in [5.41, 5.74) is 0. The molecule has 2 atom stereocenters. The quantitative estimate of drug-likeness (QED) is 0.488. The third-order valence-electron chi connectivity index (χ3n) is 2.03.